The molecule has 0 unspecified atom stereocenters. The topological polar surface area (TPSA) is 54.2 Å². The zero-order valence-corrected chi connectivity index (χ0v) is 10.3. The summed E-state index contributed by atoms with van der Waals surface area (Å²) in [5, 5.41) is 10.9. The van der Waals surface area contributed by atoms with Gasteiger partial charge in [-0.15, -0.1) is 0 Å². The number of nitrogens with one attached hydrogen (secondary N) is 1. The van der Waals surface area contributed by atoms with Crippen LogP contribution < -0.4 is 10.2 Å². The standard InChI is InChI=1S/C12H16N4O/c1-9-11(15-17-14-9)8-13-10-6-4-5-7-12(10)16(2)3/h4-7,13H,8H2,1-3H3. The highest BCUT2D eigenvalue weighted by Gasteiger charge is 2.07. The van der Waals surface area contributed by atoms with Gasteiger partial charge in [0.15, 0.2) is 0 Å². The Balaban J connectivity index is 2.11. The Morgan fingerprint density at radius 3 is 2.65 bits per heavy atom. The van der Waals surface area contributed by atoms with E-state index in [1.54, 1.807) is 0 Å². The van der Waals surface area contributed by atoms with E-state index in [0.717, 1.165) is 22.8 Å². The van der Waals surface area contributed by atoms with Crippen LogP contribution in [0.2, 0.25) is 0 Å². The fraction of sp³-hybridized carbons (Fsp3) is 0.333. The van der Waals surface area contributed by atoms with Crippen LogP contribution >= 0.6 is 0 Å². The number of hydrogen-bond donors (Lipinski definition) is 1. The summed E-state index contributed by atoms with van der Waals surface area (Å²) >= 11 is 0. The van der Waals surface area contributed by atoms with Gasteiger partial charge in [0, 0.05) is 14.1 Å². The molecule has 1 heterocycles. The van der Waals surface area contributed by atoms with Crippen LogP contribution in [0.1, 0.15) is 11.4 Å². The summed E-state index contributed by atoms with van der Waals surface area (Å²) < 4.78 is 4.66. The number of aromatic nitrogens is 2. The van der Waals surface area contributed by atoms with Gasteiger partial charge in [0.1, 0.15) is 11.4 Å². The van der Waals surface area contributed by atoms with Gasteiger partial charge in [-0.1, -0.05) is 22.4 Å². The van der Waals surface area contributed by atoms with E-state index in [1.807, 2.05) is 39.2 Å². The highest BCUT2D eigenvalue weighted by molar-refractivity contribution is 5.69. The normalized spacial score (nSPS) is 10.3. The van der Waals surface area contributed by atoms with Crippen LogP contribution in [0.15, 0.2) is 28.9 Å². The van der Waals surface area contributed by atoms with Crippen molar-refractivity contribution in [2.45, 2.75) is 13.5 Å². The molecule has 0 radical (unpaired) electrons. The molecule has 1 N–H and O–H groups in total. The van der Waals surface area contributed by atoms with Crippen molar-refractivity contribution in [2.75, 3.05) is 24.3 Å². The lowest BCUT2D eigenvalue weighted by atomic mass is 10.2. The second-order valence-corrected chi connectivity index (χ2v) is 4.06. The van der Waals surface area contributed by atoms with Crippen LogP contribution in [0.3, 0.4) is 0 Å². The molecule has 2 aromatic rings. The molecule has 90 valence electrons. The SMILES string of the molecule is Cc1nonc1CNc1ccccc1N(C)C. The first-order valence-corrected chi connectivity index (χ1v) is 5.46. The molecule has 0 amide bonds. The Morgan fingerprint density at radius 1 is 1.24 bits per heavy atom. The van der Waals surface area contributed by atoms with Crippen LogP contribution in [0.4, 0.5) is 11.4 Å². The first-order valence-electron chi connectivity index (χ1n) is 5.46. The van der Waals surface area contributed by atoms with Crippen LogP contribution in [0, 0.1) is 6.92 Å². The van der Waals surface area contributed by atoms with Crippen molar-refractivity contribution in [2.24, 2.45) is 0 Å². The number of hydrogen-bond acceptors (Lipinski definition) is 5. The summed E-state index contributed by atoms with van der Waals surface area (Å²) in [4.78, 5) is 2.07. The summed E-state index contributed by atoms with van der Waals surface area (Å²) in [5.41, 5.74) is 3.86. The van der Waals surface area contributed by atoms with Crippen molar-refractivity contribution < 1.29 is 4.63 Å². The largest absolute Gasteiger partial charge is 0.378 e. The smallest absolute Gasteiger partial charge is 0.127 e. The number of aryl methyl sites for hydroxylation is 1. The number of anilines is 2. The van der Waals surface area contributed by atoms with E-state index in [2.05, 4.69) is 31.2 Å². The molecule has 0 aliphatic carbocycles. The van der Waals surface area contributed by atoms with Crippen molar-refractivity contribution in [3.8, 4) is 0 Å². The molecule has 0 atom stereocenters. The Labute approximate surface area is 100 Å². The minimum absolute atomic E-state index is 0.611. The average Bonchev–Trinajstić information content (AvgIpc) is 2.72. The van der Waals surface area contributed by atoms with E-state index in [4.69, 9.17) is 0 Å². The second kappa shape index (κ2) is 4.86. The van der Waals surface area contributed by atoms with Gasteiger partial charge in [0.25, 0.3) is 0 Å². The minimum Gasteiger partial charge on any atom is -0.378 e. The van der Waals surface area contributed by atoms with Crippen LogP contribution in [-0.4, -0.2) is 24.4 Å². The van der Waals surface area contributed by atoms with Gasteiger partial charge in [-0.3, -0.25) is 0 Å². The molecular weight excluding hydrogens is 216 g/mol. The first-order chi connectivity index (χ1) is 8.18. The van der Waals surface area contributed by atoms with E-state index in [9.17, 15) is 0 Å². The Kier molecular flexibility index (Phi) is 3.27. The van der Waals surface area contributed by atoms with E-state index < -0.39 is 0 Å². The molecule has 0 saturated heterocycles. The molecule has 0 bridgehead atoms. The maximum Gasteiger partial charge on any atom is 0.127 e. The van der Waals surface area contributed by atoms with Crippen molar-refractivity contribution in [1.82, 2.24) is 10.3 Å². The summed E-state index contributed by atoms with van der Waals surface area (Å²) in [5.74, 6) is 0. The average molecular weight is 232 g/mol. The molecule has 0 aliphatic rings. The predicted octanol–water partition coefficient (Wildman–Crippen LogP) is 2.06. The lowest BCUT2D eigenvalue weighted by Crippen LogP contribution is -2.12. The van der Waals surface area contributed by atoms with Gasteiger partial charge in [0.2, 0.25) is 0 Å². The fourth-order valence-electron chi connectivity index (χ4n) is 1.60. The number of benzene rings is 1. The number of rotatable bonds is 4. The molecule has 2 rings (SSSR count). The molecular formula is C12H16N4O. The van der Waals surface area contributed by atoms with E-state index in [1.165, 1.54) is 0 Å². The van der Waals surface area contributed by atoms with Crippen LogP contribution in [-0.2, 0) is 6.54 Å². The van der Waals surface area contributed by atoms with E-state index in [-0.39, 0.29) is 0 Å². The maximum atomic E-state index is 4.66. The Morgan fingerprint density at radius 2 is 2.00 bits per heavy atom. The van der Waals surface area contributed by atoms with E-state index >= 15 is 0 Å². The Bertz CT molecular complexity index is 493. The quantitative estimate of drug-likeness (QED) is 0.874. The predicted molar refractivity (Wildman–Crippen MR) is 67.1 cm³/mol. The molecule has 0 fully saturated rings. The molecule has 17 heavy (non-hydrogen) atoms. The van der Waals surface area contributed by atoms with Crippen molar-refractivity contribution in [3.63, 3.8) is 0 Å². The van der Waals surface area contributed by atoms with Gasteiger partial charge < -0.3 is 10.2 Å². The van der Waals surface area contributed by atoms with E-state index in [0.29, 0.717) is 6.54 Å². The highest BCUT2D eigenvalue weighted by Crippen LogP contribution is 2.23. The monoisotopic (exact) mass is 232 g/mol. The van der Waals surface area contributed by atoms with Gasteiger partial charge in [0.05, 0.1) is 17.9 Å². The molecule has 5 heteroatoms. The van der Waals surface area contributed by atoms with Crippen molar-refractivity contribution in [1.29, 1.82) is 0 Å². The summed E-state index contributed by atoms with van der Waals surface area (Å²) in [6.45, 7) is 2.49. The summed E-state index contributed by atoms with van der Waals surface area (Å²) in [6, 6.07) is 8.13. The third-order valence-electron chi connectivity index (χ3n) is 2.58. The second-order valence-electron chi connectivity index (χ2n) is 4.06. The molecule has 5 nitrogen and oxygen atoms in total. The molecule has 0 spiro atoms. The van der Waals surface area contributed by atoms with Gasteiger partial charge in [-0.2, -0.15) is 0 Å². The number of para-hydroxylation sites is 2. The molecule has 0 saturated carbocycles. The summed E-state index contributed by atoms with van der Waals surface area (Å²) in [7, 11) is 4.03. The zero-order chi connectivity index (χ0) is 12.3. The lowest BCUT2D eigenvalue weighted by molar-refractivity contribution is 0.301. The van der Waals surface area contributed by atoms with Gasteiger partial charge in [-0.25, -0.2) is 4.63 Å². The zero-order valence-electron chi connectivity index (χ0n) is 10.3. The Hall–Kier alpha value is -2.04. The van der Waals surface area contributed by atoms with Gasteiger partial charge >= 0.3 is 0 Å². The van der Waals surface area contributed by atoms with Crippen molar-refractivity contribution >= 4 is 11.4 Å². The van der Waals surface area contributed by atoms with Gasteiger partial charge in [-0.05, 0) is 19.1 Å². The fourth-order valence-corrected chi connectivity index (χ4v) is 1.60. The van der Waals surface area contributed by atoms with Crippen LogP contribution in [0.5, 0.6) is 0 Å². The first kappa shape index (κ1) is 11.4. The third-order valence-corrected chi connectivity index (χ3v) is 2.58. The molecule has 1 aromatic carbocycles. The minimum atomic E-state index is 0.611. The number of nitrogens with zero attached hydrogens (tertiary/aromatic N) is 3. The lowest BCUT2D eigenvalue weighted by Gasteiger charge is -2.17. The maximum absolute atomic E-state index is 4.66. The summed E-state index contributed by atoms with van der Waals surface area (Å²) in [6.07, 6.45) is 0. The highest BCUT2D eigenvalue weighted by atomic mass is 16.6. The van der Waals surface area contributed by atoms with Crippen molar-refractivity contribution in [3.05, 3.63) is 35.7 Å². The third kappa shape index (κ3) is 2.55. The molecule has 0 aliphatic heterocycles. The van der Waals surface area contributed by atoms with Crippen LogP contribution in [0.25, 0.3) is 0 Å². The molecule has 1 aromatic heterocycles.